The Morgan fingerprint density at radius 1 is 1.11 bits per heavy atom. The maximum absolute atomic E-state index is 13.6. The predicted octanol–water partition coefficient (Wildman–Crippen LogP) is 7.55. The molecule has 0 aliphatic heterocycles. The normalized spacial score (nSPS) is 24.2. The molecule has 45 heavy (non-hydrogen) atoms. The van der Waals surface area contributed by atoms with Gasteiger partial charge in [-0.1, -0.05) is 79.6 Å². The second-order valence-electron chi connectivity index (χ2n) is 15.2. The van der Waals surface area contributed by atoms with E-state index in [9.17, 15) is 9.59 Å². The van der Waals surface area contributed by atoms with Gasteiger partial charge in [0.05, 0.1) is 24.2 Å². The van der Waals surface area contributed by atoms with Gasteiger partial charge in [-0.25, -0.2) is 0 Å². The lowest BCUT2D eigenvalue weighted by Gasteiger charge is -2.55. The van der Waals surface area contributed by atoms with E-state index in [2.05, 4.69) is 79.9 Å². The van der Waals surface area contributed by atoms with E-state index in [0.29, 0.717) is 29.3 Å². The summed E-state index contributed by atoms with van der Waals surface area (Å²) in [4.78, 5) is 25.0. The molecule has 0 saturated heterocycles. The average Bonchev–Trinajstić information content (AvgIpc) is 3.22. The Kier molecular flexibility index (Phi) is 17.2. The molecule has 2 fully saturated rings. The third-order valence-corrected chi connectivity index (χ3v) is 18.9. The summed E-state index contributed by atoms with van der Waals surface area (Å²) in [5.41, 5.74) is 0.237. The zero-order valence-corrected chi connectivity index (χ0v) is 36.0. The molecule has 0 radical (unpaired) electrons. The molecule has 0 N–H and O–H groups in total. The molecule has 2 saturated carbocycles. The Bertz CT molecular complexity index is 945. The Hall–Kier alpha value is 0.111. The van der Waals surface area contributed by atoms with Crippen molar-refractivity contribution >= 4 is 63.1 Å². The highest BCUT2D eigenvalue weighted by Crippen LogP contribution is 2.58. The predicted molar refractivity (Wildman–Crippen MR) is 202 cm³/mol. The lowest BCUT2D eigenvalue weighted by atomic mass is 9.51. The molecule has 2 rings (SSSR count). The second kappa shape index (κ2) is 18.8. The van der Waals surface area contributed by atoms with Gasteiger partial charge in [0.2, 0.25) is 0 Å². The number of hydrogen-bond donors (Lipinski definition) is 0. The van der Waals surface area contributed by atoms with Gasteiger partial charge >= 0.3 is 5.97 Å². The van der Waals surface area contributed by atoms with Crippen molar-refractivity contribution in [2.24, 2.45) is 22.7 Å². The molecule has 0 aromatic carbocycles. The molecule has 0 aromatic rings. The number of ketones is 1. The molecule has 0 aromatic heterocycles. The fraction of sp³-hybridized carbons (Fsp3) is 0.882. The van der Waals surface area contributed by atoms with Crippen LogP contribution < -0.4 is 0 Å². The van der Waals surface area contributed by atoms with E-state index >= 15 is 0 Å². The zero-order chi connectivity index (χ0) is 33.9. The van der Waals surface area contributed by atoms with Gasteiger partial charge in [-0.05, 0) is 73.1 Å². The number of allylic oxidation sites excluding steroid dienone is 1. The topological polar surface area (TPSA) is 71.1 Å². The molecule has 0 bridgehead atoms. The number of hydrogen-bond acceptors (Lipinski definition) is 8. The van der Waals surface area contributed by atoms with Crippen molar-refractivity contribution < 1.29 is 27.6 Å². The van der Waals surface area contributed by atoms with Gasteiger partial charge in [-0.2, -0.15) is 11.8 Å². The first-order valence-corrected chi connectivity index (χ1v) is 26.6. The summed E-state index contributed by atoms with van der Waals surface area (Å²) < 4.78 is 24.6. The highest BCUT2D eigenvalue weighted by Gasteiger charge is 2.52. The Balaban J connectivity index is 2.33. The van der Waals surface area contributed by atoms with Crippen LogP contribution in [0.5, 0.6) is 0 Å². The molecule has 2 aliphatic carbocycles. The summed E-state index contributed by atoms with van der Waals surface area (Å²) in [6, 6.07) is 0. The minimum atomic E-state index is -2.06. The van der Waals surface area contributed by atoms with Crippen LogP contribution >= 0.6 is 23.5 Å². The molecule has 0 spiro atoms. The van der Waals surface area contributed by atoms with Crippen LogP contribution in [0.15, 0.2) is 12.2 Å². The van der Waals surface area contributed by atoms with Crippen LogP contribution in [0.3, 0.4) is 0 Å². The quantitative estimate of drug-likeness (QED) is 0.0397. The Labute approximate surface area is 290 Å². The Morgan fingerprint density at radius 3 is 2.27 bits per heavy atom. The van der Waals surface area contributed by atoms with Crippen molar-refractivity contribution in [1.82, 2.24) is 0 Å². The number of esters is 1. The number of rotatable bonds is 21. The summed E-state index contributed by atoms with van der Waals surface area (Å²) >= 11 is 3.39. The highest BCUT2D eigenvalue weighted by molar-refractivity contribution is 8.01. The van der Waals surface area contributed by atoms with Gasteiger partial charge in [-0.3, -0.25) is 9.59 Å². The van der Waals surface area contributed by atoms with Crippen LogP contribution in [0.1, 0.15) is 92.9 Å². The van der Waals surface area contributed by atoms with Crippen LogP contribution in [-0.4, -0.2) is 81.6 Å². The maximum Gasteiger partial charge on any atom is 0.315 e. The standard InChI is InChI=1S/C34H66O6S2Si3/c1-12-18-34(19-14-20-34)28(33(5,6)31(38-43-8)39-44-9)17-13-16-25-27(40-45(10,11)32(2,3)4)23-26(35)30(25)42-22-15-21-41-24-29(36)37-7/h13,16,25,27-28,30-31H,12,14-15,17-24,43-44H2,1-11H3/t25-,27+,28?,30+/m0/s1. The van der Waals surface area contributed by atoms with E-state index in [1.165, 1.54) is 39.2 Å². The first-order chi connectivity index (χ1) is 21.1. The summed E-state index contributed by atoms with van der Waals surface area (Å²) in [5, 5.41) is -0.00338. The summed E-state index contributed by atoms with van der Waals surface area (Å²) in [5.74, 6) is 2.83. The van der Waals surface area contributed by atoms with E-state index in [1.54, 1.807) is 23.5 Å². The molecule has 0 amide bonds. The number of thioether (sulfide) groups is 2. The van der Waals surface area contributed by atoms with E-state index in [-0.39, 0.29) is 40.0 Å². The minimum absolute atomic E-state index is 0.0704. The molecule has 4 atom stereocenters. The number of Topliss-reactive ketones (excluding diaryl/α,β-unsaturated/α-hetero) is 1. The first kappa shape index (κ1) is 41.3. The largest absolute Gasteiger partial charge is 0.468 e. The lowest BCUT2D eigenvalue weighted by Crippen LogP contribution is -2.51. The fourth-order valence-electron chi connectivity index (χ4n) is 7.11. The lowest BCUT2D eigenvalue weighted by molar-refractivity contribution is -0.148. The van der Waals surface area contributed by atoms with E-state index in [4.69, 9.17) is 18.0 Å². The molecule has 2 aliphatic rings. The SMILES string of the molecule is CCCC1(C(CC=C[C@H]2[C@H](O[Si](C)(C)C(C)(C)C)CC(=O)[C@@H]2SCCCSCC(=O)OC)C(C)(C)C(O[SiH2]C)O[SiH2]C)CCC1. The molecule has 6 nitrogen and oxygen atoms in total. The van der Waals surface area contributed by atoms with E-state index in [1.807, 2.05) is 0 Å². The summed E-state index contributed by atoms with van der Waals surface area (Å²) in [7, 11) is -1.85. The molecule has 262 valence electrons. The number of ether oxygens (including phenoxy) is 1. The number of carbonyl (C=O) groups excluding carboxylic acids is 2. The van der Waals surface area contributed by atoms with Crippen LogP contribution in [-0.2, 0) is 27.6 Å². The third kappa shape index (κ3) is 11.3. The Morgan fingerprint density at radius 2 is 1.76 bits per heavy atom. The van der Waals surface area contributed by atoms with Crippen LogP contribution in [0, 0.1) is 22.7 Å². The third-order valence-electron chi connectivity index (χ3n) is 10.6. The summed E-state index contributed by atoms with van der Waals surface area (Å²) in [6.45, 7) is 22.9. The van der Waals surface area contributed by atoms with Crippen molar-refractivity contribution in [2.75, 3.05) is 24.4 Å². The van der Waals surface area contributed by atoms with Crippen molar-refractivity contribution in [2.45, 2.75) is 142 Å². The van der Waals surface area contributed by atoms with Gasteiger partial charge in [0.15, 0.2) is 27.8 Å². The van der Waals surface area contributed by atoms with Crippen molar-refractivity contribution in [3.05, 3.63) is 12.2 Å². The van der Waals surface area contributed by atoms with Crippen LogP contribution in [0.2, 0.25) is 31.2 Å². The zero-order valence-electron chi connectivity index (χ0n) is 30.5. The summed E-state index contributed by atoms with van der Waals surface area (Å²) in [6.07, 6.45) is 13.3. The van der Waals surface area contributed by atoms with Crippen molar-refractivity contribution in [3.8, 4) is 0 Å². The smallest absolute Gasteiger partial charge is 0.315 e. The number of methoxy groups -OCH3 is 1. The molecule has 1 unspecified atom stereocenters. The van der Waals surface area contributed by atoms with Gasteiger partial charge in [0, 0.05) is 17.8 Å². The fourth-order valence-corrected chi connectivity index (χ4v) is 12.6. The molecular formula is C34H66O6S2Si3. The van der Waals surface area contributed by atoms with Crippen molar-refractivity contribution in [3.63, 3.8) is 0 Å². The van der Waals surface area contributed by atoms with Gasteiger partial charge in [0.1, 0.15) is 12.1 Å². The van der Waals surface area contributed by atoms with Gasteiger partial charge in [0.25, 0.3) is 0 Å². The molecular weight excluding hydrogens is 653 g/mol. The monoisotopic (exact) mass is 718 g/mol. The molecule has 11 heteroatoms. The van der Waals surface area contributed by atoms with Crippen LogP contribution in [0.4, 0.5) is 0 Å². The minimum Gasteiger partial charge on any atom is -0.468 e. The average molecular weight is 719 g/mol. The highest BCUT2D eigenvalue weighted by atomic mass is 32.2. The molecule has 0 heterocycles. The van der Waals surface area contributed by atoms with Crippen LogP contribution in [0.25, 0.3) is 0 Å². The van der Waals surface area contributed by atoms with Crippen molar-refractivity contribution in [1.29, 1.82) is 0 Å². The second-order valence-corrected chi connectivity index (χ2v) is 24.1. The van der Waals surface area contributed by atoms with Gasteiger partial charge < -0.3 is 18.0 Å². The first-order valence-electron chi connectivity index (χ1n) is 17.5. The maximum atomic E-state index is 13.6. The van der Waals surface area contributed by atoms with E-state index < -0.39 is 27.8 Å². The van der Waals surface area contributed by atoms with E-state index in [0.717, 1.165) is 24.3 Å². The number of carbonyl (C=O) groups is 2. The van der Waals surface area contributed by atoms with Gasteiger partial charge in [-0.15, -0.1) is 11.8 Å².